The Kier molecular flexibility index (Phi) is 1.08. The van der Waals surface area contributed by atoms with Crippen molar-refractivity contribution in [1.29, 1.82) is 0 Å². The van der Waals surface area contributed by atoms with Crippen molar-refractivity contribution in [3.8, 4) is 0 Å². The van der Waals surface area contributed by atoms with E-state index in [0.717, 1.165) is 19.5 Å². The van der Waals surface area contributed by atoms with E-state index in [2.05, 4.69) is 5.32 Å². The van der Waals surface area contributed by atoms with Gasteiger partial charge in [0, 0.05) is 19.1 Å². The molecule has 1 aliphatic rings. The summed E-state index contributed by atoms with van der Waals surface area (Å²) in [5, 5.41) is 4.04. The van der Waals surface area contributed by atoms with E-state index in [0.29, 0.717) is 6.04 Å². The maximum atomic E-state index is 5.44. The Morgan fingerprint density at radius 2 is 2.50 bits per heavy atom. The molecule has 0 bridgehead atoms. The van der Waals surface area contributed by atoms with Gasteiger partial charge in [-0.1, -0.05) is 0 Å². The molecule has 1 fully saturated rings. The Balaban J connectivity index is 2.18. The van der Waals surface area contributed by atoms with Crippen molar-refractivity contribution in [2.24, 2.45) is 5.73 Å². The molecule has 6 heavy (non-hydrogen) atoms. The van der Waals surface area contributed by atoms with Gasteiger partial charge < -0.3 is 5.73 Å². The topological polar surface area (TPSA) is 40.1 Å². The van der Waals surface area contributed by atoms with Crippen LogP contribution in [0, 0.1) is 0 Å². The number of hydrogen-bond donors (Lipinski definition) is 1. The Hall–Kier alpha value is -0.0800. The monoisotopic (exact) mass is 85.1 g/mol. The van der Waals surface area contributed by atoms with Gasteiger partial charge in [0.1, 0.15) is 0 Å². The average Bonchev–Trinajstić information content (AvgIpc) is 1.86. The van der Waals surface area contributed by atoms with Crippen molar-refractivity contribution in [1.82, 2.24) is 5.32 Å². The minimum absolute atomic E-state index is 0.380. The highest BCUT2D eigenvalue weighted by atomic mass is 14.9. The first-order chi connectivity index (χ1) is 2.89. The van der Waals surface area contributed by atoms with Gasteiger partial charge in [-0.3, -0.25) is 0 Å². The molecule has 1 aliphatic heterocycles. The van der Waals surface area contributed by atoms with E-state index in [4.69, 9.17) is 5.73 Å². The molecular weight excluding hydrogens is 76.1 g/mol. The van der Waals surface area contributed by atoms with Crippen molar-refractivity contribution >= 4 is 0 Å². The van der Waals surface area contributed by atoms with Crippen LogP contribution in [-0.4, -0.2) is 19.1 Å². The Labute approximate surface area is 37.7 Å². The van der Waals surface area contributed by atoms with Gasteiger partial charge in [0.15, 0.2) is 0 Å². The van der Waals surface area contributed by atoms with Crippen LogP contribution in [0.3, 0.4) is 0 Å². The first-order valence-electron chi connectivity index (χ1n) is 2.28. The van der Waals surface area contributed by atoms with Gasteiger partial charge in [-0.2, -0.15) is 0 Å². The number of nitrogens with two attached hydrogens (primary N) is 1. The molecule has 0 aliphatic carbocycles. The van der Waals surface area contributed by atoms with Gasteiger partial charge in [-0.05, 0) is 6.42 Å². The van der Waals surface area contributed by atoms with Crippen LogP contribution in [0.5, 0.6) is 0 Å². The van der Waals surface area contributed by atoms with Gasteiger partial charge in [0.25, 0.3) is 0 Å². The van der Waals surface area contributed by atoms with E-state index in [-0.39, 0.29) is 0 Å². The standard InChI is InChI=1S/C4H9N2/c5-4-1-2-6-3-4/h4H,1-3,5H2/t4-/m0/s1. The third-order valence-corrected chi connectivity index (χ3v) is 1.02. The minimum atomic E-state index is 0.380. The first-order valence-corrected chi connectivity index (χ1v) is 2.28. The molecule has 1 rings (SSSR count). The van der Waals surface area contributed by atoms with Crippen molar-refractivity contribution in [2.45, 2.75) is 12.5 Å². The van der Waals surface area contributed by atoms with Crippen molar-refractivity contribution in [2.75, 3.05) is 13.1 Å². The summed E-state index contributed by atoms with van der Waals surface area (Å²) >= 11 is 0. The fraction of sp³-hybridized carbons (Fsp3) is 1.00. The molecule has 0 amide bonds. The molecule has 1 radical (unpaired) electrons. The lowest BCUT2D eigenvalue weighted by molar-refractivity contribution is 0.739. The summed E-state index contributed by atoms with van der Waals surface area (Å²) in [4.78, 5) is 0. The van der Waals surface area contributed by atoms with Crippen LogP contribution in [0.25, 0.3) is 0 Å². The second kappa shape index (κ2) is 1.58. The molecule has 1 saturated heterocycles. The number of hydrogen-bond acceptors (Lipinski definition) is 1. The molecule has 0 saturated carbocycles. The fourth-order valence-corrected chi connectivity index (χ4v) is 0.606. The van der Waals surface area contributed by atoms with Crippen LogP contribution in [0.1, 0.15) is 6.42 Å². The SMILES string of the molecule is N[C@H]1CC[N]C1. The third kappa shape index (κ3) is 0.698. The predicted molar refractivity (Wildman–Crippen MR) is 24.5 cm³/mol. The van der Waals surface area contributed by atoms with Crippen molar-refractivity contribution in [3.05, 3.63) is 0 Å². The first kappa shape index (κ1) is 4.09. The summed E-state index contributed by atoms with van der Waals surface area (Å²) < 4.78 is 0. The number of nitrogens with zero attached hydrogens (tertiary/aromatic N) is 1. The Bertz CT molecular complexity index is 38.8. The zero-order chi connectivity index (χ0) is 4.41. The highest BCUT2D eigenvalue weighted by Crippen LogP contribution is 1.92. The molecule has 1 atom stereocenters. The van der Waals surface area contributed by atoms with E-state index in [9.17, 15) is 0 Å². The molecule has 2 heteroatoms. The second-order valence-electron chi connectivity index (χ2n) is 1.68. The van der Waals surface area contributed by atoms with Gasteiger partial charge in [0.05, 0.1) is 0 Å². The van der Waals surface area contributed by atoms with Crippen molar-refractivity contribution in [3.63, 3.8) is 0 Å². The lowest BCUT2D eigenvalue weighted by Gasteiger charge is -1.91. The zero-order valence-corrected chi connectivity index (χ0v) is 3.72. The van der Waals surface area contributed by atoms with Gasteiger partial charge in [-0.25, -0.2) is 5.32 Å². The van der Waals surface area contributed by atoms with Gasteiger partial charge in [0.2, 0.25) is 0 Å². The number of rotatable bonds is 0. The summed E-state index contributed by atoms with van der Waals surface area (Å²) in [6.07, 6.45) is 1.10. The third-order valence-electron chi connectivity index (χ3n) is 1.02. The maximum absolute atomic E-state index is 5.44. The molecule has 0 aromatic carbocycles. The molecule has 0 aromatic heterocycles. The van der Waals surface area contributed by atoms with E-state index in [1.165, 1.54) is 0 Å². The molecule has 0 unspecified atom stereocenters. The Morgan fingerprint density at radius 1 is 1.67 bits per heavy atom. The Morgan fingerprint density at radius 3 is 2.67 bits per heavy atom. The largest absolute Gasteiger partial charge is 0.326 e. The van der Waals surface area contributed by atoms with Crippen LogP contribution in [0.4, 0.5) is 0 Å². The summed E-state index contributed by atoms with van der Waals surface area (Å²) in [5.74, 6) is 0. The summed E-state index contributed by atoms with van der Waals surface area (Å²) in [5.41, 5.74) is 5.44. The highest BCUT2D eigenvalue weighted by molar-refractivity contribution is 4.71. The van der Waals surface area contributed by atoms with Crippen LogP contribution >= 0.6 is 0 Å². The van der Waals surface area contributed by atoms with Crippen LogP contribution in [-0.2, 0) is 0 Å². The summed E-state index contributed by atoms with van der Waals surface area (Å²) in [7, 11) is 0. The van der Waals surface area contributed by atoms with E-state index < -0.39 is 0 Å². The predicted octanol–water partition coefficient (Wildman–Crippen LogP) is -0.678. The lowest BCUT2D eigenvalue weighted by atomic mass is 10.3. The van der Waals surface area contributed by atoms with Crippen LogP contribution < -0.4 is 11.1 Å². The molecule has 2 N–H and O–H groups in total. The molecule has 0 spiro atoms. The van der Waals surface area contributed by atoms with E-state index in [1.807, 2.05) is 0 Å². The average molecular weight is 85.1 g/mol. The summed E-state index contributed by atoms with van der Waals surface area (Å²) in [6.45, 7) is 1.88. The highest BCUT2D eigenvalue weighted by Gasteiger charge is 2.08. The zero-order valence-electron chi connectivity index (χ0n) is 3.72. The minimum Gasteiger partial charge on any atom is -0.326 e. The smallest absolute Gasteiger partial charge is 0.0285 e. The fourth-order valence-electron chi connectivity index (χ4n) is 0.606. The molecule has 2 nitrogen and oxygen atoms in total. The van der Waals surface area contributed by atoms with Gasteiger partial charge >= 0.3 is 0 Å². The van der Waals surface area contributed by atoms with E-state index >= 15 is 0 Å². The molecular formula is C4H9N2. The quantitative estimate of drug-likeness (QED) is 0.416. The lowest BCUT2D eigenvalue weighted by Crippen LogP contribution is -2.19. The maximum Gasteiger partial charge on any atom is 0.0285 e. The molecule has 0 aromatic rings. The molecule has 35 valence electrons. The van der Waals surface area contributed by atoms with Gasteiger partial charge in [-0.15, -0.1) is 0 Å². The van der Waals surface area contributed by atoms with E-state index in [1.54, 1.807) is 0 Å². The summed E-state index contributed by atoms with van der Waals surface area (Å²) in [6, 6.07) is 0.380. The molecule has 1 heterocycles. The van der Waals surface area contributed by atoms with Crippen LogP contribution in [0.2, 0.25) is 0 Å². The van der Waals surface area contributed by atoms with Crippen molar-refractivity contribution < 1.29 is 0 Å². The second-order valence-corrected chi connectivity index (χ2v) is 1.68. The normalized spacial score (nSPS) is 34.5. The van der Waals surface area contributed by atoms with Crippen LogP contribution in [0.15, 0.2) is 0 Å².